The molecule has 0 saturated carbocycles. The van der Waals surface area contributed by atoms with Gasteiger partial charge in [0.15, 0.2) is 5.13 Å². The van der Waals surface area contributed by atoms with Crippen LogP contribution in [0, 0.1) is 0 Å². The Bertz CT molecular complexity index is 675. The lowest BCUT2D eigenvalue weighted by Crippen LogP contribution is -2.32. The van der Waals surface area contributed by atoms with E-state index in [9.17, 15) is 9.59 Å². The molecule has 1 atom stereocenters. The molecule has 0 fully saturated rings. The SMILES string of the molecule is CCNc1nc(C(C)N2C(=O)c3ccccc3C2=O)cs1. The quantitative estimate of drug-likeness (QED) is 0.882. The molecule has 2 heterocycles. The van der Waals surface area contributed by atoms with Crippen LogP contribution in [0.4, 0.5) is 5.13 Å². The predicted octanol–water partition coefficient (Wildman–Crippen LogP) is 2.93. The second-order valence-electron chi connectivity index (χ2n) is 4.81. The molecular weight excluding hydrogens is 286 g/mol. The summed E-state index contributed by atoms with van der Waals surface area (Å²) in [6, 6.07) is 6.54. The minimum atomic E-state index is -0.374. The summed E-state index contributed by atoms with van der Waals surface area (Å²) in [6.07, 6.45) is 0. The first-order valence-corrected chi connectivity index (χ1v) is 7.67. The lowest BCUT2D eigenvalue weighted by atomic mass is 10.1. The number of carbonyl (C=O) groups excluding carboxylic acids is 2. The molecule has 6 heteroatoms. The molecule has 3 rings (SSSR count). The van der Waals surface area contributed by atoms with Gasteiger partial charge in [-0.3, -0.25) is 14.5 Å². The summed E-state index contributed by atoms with van der Waals surface area (Å²) in [5, 5.41) is 5.81. The topological polar surface area (TPSA) is 62.3 Å². The van der Waals surface area contributed by atoms with Gasteiger partial charge < -0.3 is 5.32 Å². The molecule has 1 aliphatic heterocycles. The van der Waals surface area contributed by atoms with Crippen molar-refractivity contribution in [3.8, 4) is 0 Å². The Balaban J connectivity index is 1.90. The predicted molar refractivity (Wildman–Crippen MR) is 81.6 cm³/mol. The van der Waals surface area contributed by atoms with Crippen molar-refractivity contribution in [2.75, 3.05) is 11.9 Å². The van der Waals surface area contributed by atoms with E-state index in [1.807, 2.05) is 19.2 Å². The Morgan fingerprint density at radius 3 is 2.43 bits per heavy atom. The number of hydrogen-bond donors (Lipinski definition) is 1. The molecular formula is C15H15N3O2S. The summed E-state index contributed by atoms with van der Waals surface area (Å²) in [5.74, 6) is -0.498. The number of nitrogens with one attached hydrogen (secondary N) is 1. The van der Waals surface area contributed by atoms with E-state index in [-0.39, 0.29) is 17.9 Å². The largest absolute Gasteiger partial charge is 0.362 e. The minimum absolute atomic E-state index is 0.249. The zero-order valence-electron chi connectivity index (χ0n) is 11.8. The highest BCUT2D eigenvalue weighted by Crippen LogP contribution is 2.32. The van der Waals surface area contributed by atoms with Gasteiger partial charge in [0, 0.05) is 11.9 Å². The number of amides is 2. The van der Waals surface area contributed by atoms with Crippen LogP contribution in [0.15, 0.2) is 29.6 Å². The van der Waals surface area contributed by atoms with Crippen LogP contribution in [0.3, 0.4) is 0 Å². The maximum atomic E-state index is 12.4. The van der Waals surface area contributed by atoms with Crippen LogP contribution in [0.2, 0.25) is 0 Å². The highest BCUT2D eigenvalue weighted by Gasteiger charge is 2.39. The molecule has 1 N–H and O–H groups in total. The fourth-order valence-corrected chi connectivity index (χ4v) is 3.27. The van der Waals surface area contributed by atoms with Crippen molar-refractivity contribution in [2.24, 2.45) is 0 Å². The standard InChI is InChI=1S/C15H15N3O2S/c1-3-16-15-17-12(8-21-15)9(2)18-13(19)10-6-4-5-7-11(10)14(18)20/h4-9H,3H2,1-2H3,(H,16,17). The lowest BCUT2D eigenvalue weighted by Gasteiger charge is -2.20. The number of benzene rings is 1. The molecule has 0 saturated heterocycles. The minimum Gasteiger partial charge on any atom is -0.362 e. The van der Waals surface area contributed by atoms with E-state index in [0.717, 1.165) is 17.4 Å². The Morgan fingerprint density at radius 1 is 1.24 bits per heavy atom. The van der Waals surface area contributed by atoms with E-state index in [4.69, 9.17) is 0 Å². The van der Waals surface area contributed by atoms with Crippen molar-refractivity contribution in [1.82, 2.24) is 9.88 Å². The smallest absolute Gasteiger partial charge is 0.262 e. The molecule has 0 aliphatic carbocycles. The van der Waals surface area contributed by atoms with Gasteiger partial charge >= 0.3 is 0 Å². The summed E-state index contributed by atoms with van der Waals surface area (Å²) in [5.41, 5.74) is 1.67. The Labute approximate surface area is 126 Å². The number of rotatable bonds is 4. The highest BCUT2D eigenvalue weighted by atomic mass is 32.1. The maximum Gasteiger partial charge on any atom is 0.262 e. The van der Waals surface area contributed by atoms with Crippen molar-refractivity contribution in [2.45, 2.75) is 19.9 Å². The molecule has 0 spiro atoms. The van der Waals surface area contributed by atoms with Crippen molar-refractivity contribution in [1.29, 1.82) is 0 Å². The number of thiazole rings is 1. The van der Waals surface area contributed by atoms with Crippen LogP contribution in [-0.2, 0) is 0 Å². The number of nitrogens with zero attached hydrogens (tertiary/aromatic N) is 2. The van der Waals surface area contributed by atoms with Gasteiger partial charge in [0.05, 0.1) is 22.9 Å². The van der Waals surface area contributed by atoms with Crippen molar-refractivity contribution >= 4 is 28.3 Å². The molecule has 0 bridgehead atoms. The summed E-state index contributed by atoms with van der Waals surface area (Å²) < 4.78 is 0. The third-order valence-electron chi connectivity index (χ3n) is 3.49. The number of fused-ring (bicyclic) bond motifs is 1. The molecule has 108 valence electrons. The third-order valence-corrected chi connectivity index (χ3v) is 4.31. The zero-order valence-corrected chi connectivity index (χ0v) is 12.6. The zero-order chi connectivity index (χ0) is 15.0. The fourth-order valence-electron chi connectivity index (χ4n) is 2.40. The van der Waals surface area contributed by atoms with E-state index in [2.05, 4.69) is 10.3 Å². The molecule has 1 unspecified atom stereocenters. The molecule has 1 aliphatic rings. The number of aromatic nitrogens is 1. The van der Waals surface area contributed by atoms with E-state index >= 15 is 0 Å². The molecule has 2 aromatic rings. The number of carbonyl (C=O) groups is 2. The van der Waals surface area contributed by atoms with Gasteiger partial charge in [0.25, 0.3) is 11.8 Å². The summed E-state index contributed by atoms with van der Waals surface area (Å²) in [6.45, 7) is 4.61. The number of hydrogen-bond acceptors (Lipinski definition) is 5. The van der Waals surface area contributed by atoms with Gasteiger partial charge in [0.2, 0.25) is 0 Å². The van der Waals surface area contributed by atoms with Crippen LogP contribution in [0.1, 0.15) is 46.3 Å². The Kier molecular flexibility index (Phi) is 3.47. The first-order valence-electron chi connectivity index (χ1n) is 6.79. The average molecular weight is 301 g/mol. The van der Waals surface area contributed by atoms with E-state index < -0.39 is 0 Å². The van der Waals surface area contributed by atoms with Crippen LogP contribution in [-0.4, -0.2) is 28.2 Å². The number of imide groups is 1. The monoisotopic (exact) mass is 301 g/mol. The first kappa shape index (κ1) is 13.8. The van der Waals surface area contributed by atoms with Crippen molar-refractivity contribution < 1.29 is 9.59 Å². The van der Waals surface area contributed by atoms with Gasteiger partial charge in [-0.15, -0.1) is 11.3 Å². The van der Waals surface area contributed by atoms with Gasteiger partial charge in [-0.05, 0) is 26.0 Å². The third kappa shape index (κ3) is 2.21. The maximum absolute atomic E-state index is 12.4. The van der Waals surface area contributed by atoms with Gasteiger partial charge in [0.1, 0.15) is 0 Å². The lowest BCUT2D eigenvalue weighted by molar-refractivity contribution is 0.0592. The molecule has 2 amide bonds. The van der Waals surface area contributed by atoms with Crippen molar-refractivity contribution in [3.05, 3.63) is 46.5 Å². The molecule has 5 nitrogen and oxygen atoms in total. The van der Waals surface area contributed by atoms with E-state index in [0.29, 0.717) is 11.1 Å². The van der Waals surface area contributed by atoms with Crippen LogP contribution in [0.25, 0.3) is 0 Å². The highest BCUT2D eigenvalue weighted by molar-refractivity contribution is 7.13. The summed E-state index contributed by atoms with van der Waals surface area (Å²) in [7, 11) is 0. The normalized spacial score (nSPS) is 15.2. The fraction of sp³-hybridized carbons (Fsp3) is 0.267. The van der Waals surface area contributed by atoms with E-state index in [1.165, 1.54) is 16.2 Å². The molecule has 0 radical (unpaired) electrons. The van der Waals surface area contributed by atoms with Crippen molar-refractivity contribution in [3.63, 3.8) is 0 Å². The van der Waals surface area contributed by atoms with Gasteiger partial charge in [-0.2, -0.15) is 0 Å². The second kappa shape index (κ2) is 5.29. The van der Waals surface area contributed by atoms with Crippen LogP contribution in [0.5, 0.6) is 0 Å². The summed E-state index contributed by atoms with van der Waals surface area (Å²) in [4.78, 5) is 30.6. The van der Waals surface area contributed by atoms with Gasteiger partial charge in [-0.25, -0.2) is 4.98 Å². The Morgan fingerprint density at radius 2 is 1.86 bits per heavy atom. The molecule has 1 aromatic carbocycles. The van der Waals surface area contributed by atoms with E-state index in [1.54, 1.807) is 24.3 Å². The van der Waals surface area contributed by atoms with Crippen LogP contribution < -0.4 is 5.32 Å². The molecule has 21 heavy (non-hydrogen) atoms. The first-order chi connectivity index (χ1) is 10.1. The molecule has 1 aromatic heterocycles. The summed E-state index contributed by atoms with van der Waals surface area (Å²) >= 11 is 1.48. The van der Waals surface area contributed by atoms with Gasteiger partial charge in [-0.1, -0.05) is 12.1 Å². The average Bonchev–Trinajstić information content (AvgIpc) is 3.04. The number of anilines is 1. The second-order valence-corrected chi connectivity index (χ2v) is 5.67. The van der Waals surface area contributed by atoms with Crippen LogP contribution >= 0.6 is 11.3 Å². The Hall–Kier alpha value is -2.21.